The zero-order valence-electron chi connectivity index (χ0n) is 16.4. The number of nitrogens with two attached hydrogens (primary N) is 1. The average molecular weight is 414 g/mol. The maximum atomic E-state index is 14.7. The molecule has 3 heterocycles. The third kappa shape index (κ3) is 3.80. The predicted molar refractivity (Wildman–Crippen MR) is 108 cm³/mol. The van der Waals surface area contributed by atoms with Crippen molar-refractivity contribution in [2.24, 2.45) is 0 Å². The fourth-order valence-electron chi connectivity index (χ4n) is 3.04. The number of rotatable bonds is 5. The van der Waals surface area contributed by atoms with Crippen LogP contribution in [0.4, 0.5) is 10.2 Å². The Labute approximate surface area is 176 Å². The highest BCUT2D eigenvalue weighted by molar-refractivity contribution is 5.69. The first kappa shape index (κ1) is 19.7. The monoisotopic (exact) mass is 414 g/mol. The number of nitrogens with zero attached hydrogens (tertiary/aromatic N) is 9. The number of nitrogen functional groups attached to an aromatic ring is 1. The summed E-state index contributed by atoms with van der Waals surface area (Å²) >= 11 is 0. The third-order valence-electron chi connectivity index (χ3n) is 4.59. The van der Waals surface area contributed by atoms with E-state index in [9.17, 15) is 9.65 Å². The molecule has 1 aromatic carbocycles. The van der Waals surface area contributed by atoms with Crippen LogP contribution in [0.2, 0.25) is 0 Å². The van der Waals surface area contributed by atoms with Gasteiger partial charge in [0, 0.05) is 11.8 Å². The van der Waals surface area contributed by atoms with Crippen LogP contribution >= 0.6 is 0 Å². The summed E-state index contributed by atoms with van der Waals surface area (Å²) in [5, 5.41) is 21.5. The second kappa shape index (κ2) is 8.00. The predicted octanol–water partition coefficient (Wildman–Crippen LogP) is 2.43. The fraction of sp³-hybridized carbons (Fsp3) is 0.150. The van der Waals surface area contributed by atoms with Gasteiger partial charge in [0.25, 0.3) is 0 Å². The SMILES string of the molecule is [C-]#[N+]Cn1ccc(Cn2cc(-c3nc(-c4cccc(C#N)c4C)nc(N)c3F)nn2)n1. The number of benzene rings is 1. The van der Waals surface area contributed by atoms with Crippen LogP contribution in [0.25, 0.3) is 27.6 Å². The Morgan fingerprint density at radius 3 is 2.87 bits per heavy atom. The topological polar surface area (TPSA) is 128 Å². The lowest BCUT2D eigenvalue weighted by atomic mass is 10.0. The Hall–Kier alpha value is -4.64. The van der Waals surface area contributed by atoms with E-state index in [-0.39, 0.29) is 36.2 Å². The highest BCUT2D eigenvalue weighted by Crippen LogP contribution is 2.28. The van der Waals surface area contributed by atoms with Crippen LogP contribution < -0.4 is 5.73 Å². The molecule has 0 aliphatic rings. The van der Waals surface area contributed by atoms with Crippen LogP contribution in [0, 0.1) is 30.6 Å². The summed E-state index contributed by atoms with van der Waals surface area (Å²) < 4.78 is 17.7. The Kier molecular flexibility index (Phi) is 5.08. The summed E-state index contributed by atoms with van der Waals surface area (Å²) in [4.78, 5) is 11.6. The summed E-state index contributed by atoms with van der Waals surface area (Å²) in [7, 11) is 0. The zero-order valence-corrected chi connectivity index (χ0v) is 16.4. The Balaban J connectivity index is 1.69. The standard InChI is InChI=1S/C20H15FN10/c1-12-13(8-22)4-3-5-15(12)20-25-18(17(21)19(23)26-20)16-10-31(29-27-16)9-14-6-7-30(28-14)11-24-2/h3-7,10H,9,11H2,1H3,(H2,23,25,26). The second-order valence-electron chi connectivity index (χ2n) is 6.63. The largest absolute Gasteiger partial charge is 0.381 e. The molecule has 152 valence electrons. The molecule has 0 fully saturated rings. The van der Waals surface area contributed by atoms with Crippen LogP contribution in [0.3, 0.4) is 0 Å². The number of hydrogen-bond acceptors (Lipinski definition) is 7. The van der Waals surface area contributed by atoms with Crippen molar-refractivity contribution in [1.29, 1.82) is 5.26 Å². The van der Waals surface area contributed by atoms with Crippen molar-refractivity contribution >= 4 is 5.82 Å². The molecule has 0 saturated heterocycles. The molecule has 0 saturated carbocycles. The van der Waals surface area contributed by atoms with Crippen molar-refractivity contribution in [2.75, 3.05) is 5.73 Å². The van der Waals surface area contributed by atoms with Gasteiger partial charge in [0.05, 0.1) is 30.1 Å². The van der Waals surface area contributed by atoms with Crippen molar-refractivity contribution in [1.82, 2.24) is 34.7 Å². The summed E-state index contributed by atoms with van der Waals surface area (Å²) in [5.74, 6) is -0.934. The summed E-state index contributed by atoms with van der Waals surface area (Å²) in [6.45, 7) is 9.06. The van der Waals surface area contributed by atoms with Gasteiger partial charge in [-0.15, -0.1) is 5.10 Å². The smallest absolute Gasteiger partial charge is 0.307 e. The molecule has 2 N–H and O–H groups in total. The fourth-order valence-corrected chi connectivity index (χ4v) is 3.04. The quantitative estimate of drug-likeness (QED) is 0.497. The maximum absolute atomic E-state index is 14.7. The second-order valence-corrected chi connectivity index (χ2v) is 6.63. The van der Waals surface area contributed by atoms with Crippen molar-refractivity contribution in [2.45, 2.75) is 20.1 Å². The molecule has 0 amide bonds. The van der Waals surface area contributed by atoms with Gasteiger partial charge in [-0.2, -0.15) is 10.4 Å². The first-order chi connectivity index (χ1) is 15.0. The molecular weight excluding hydrogens is 399 g/mol. The molecule has 0 aliphatic carbocycles. The molecule has 0 unspecified atom stereocenters. The normalized spacial score (nSPS) is 10.6. The van der Waals surface area contributed by atoms with Gasteiger partial charge in [-0.1, -0.05) is 17.3 Å². The van der Waals surface area contributed by atoms with Crippen molar-refractivity contribution in [3.05, 3.63) is 70.7 Å². The van der Waals surface area contributed by atoms with Crippen LogP contribution in [0.5, 0.6) is 0 Å². The van der Waals surface area contributed by atoms with E-state index in [0.29, 0.717) is 22.4 Å². The van der Waals surface area contributed by atoms with Gasteiger partial charge >= 0.3 is 6.67 Å². The average Bonchev–Trinajstić information content (AvgIpc) is 3.40. The van der Waals surface area contributed by atoms with E-state index < -0.39 is 5.82 Å². The lowest BCUT2D eigenvalue weighted by Gasteiger charge is -2.09. The van der Waals surface area contributed by atoms with Gasteiger partial charge in [-0.05, 0) is 24.6 Å². The Bertz CT molecular complexity index is 1360. The number of aromatic nitrogens is 7. The number of hydrogen-bond donors (Lipinski definition) is 1. The first-order valence-electron chi connectivity index (χ1n) is 9.09. The number of anilines is 1. The molecule has 4 aromatic rings. The molecule has 0 atom stereocenters. The van der Waals surface area contributed by atoms with E-state index in [4.69, 9.17) is 12.3 Å². The zero-order chi connectivity index (χ0) is 22.0. The van der Waals surface area contributed by atoms with Gasteiger partial charge in [-0.25, -0.2) is 30.3 Å². The molecule has 0 radical (unpaired) electrons. The van der Waals surface area contributed by atoms with Crippen molar-refractivity contribution in [3.63, 3.8) is 0 Å². The molecular formula is C20H15FN10. The van der Waals surface area contributed by atoms with Crippen LogP contribution in [0.15, 0.2) is 36.7 Å². The Morgan fingerprint density at radius 1 is 1.26 bits per heavy atom. The van der Waals surface area contributed by atoms with Gasteiger partial charge in [-0.3, -0.25) is 4.85 Å². The van der Waals surface area contributed by atoms with Crippen LogP contribution in [-0.2, 0) is 13.2 Å². The van der Waals surface area contributed by atoms with Gasteiger partial charge in [0.2, 0.25) is 0 Å². The van der Waals surface area contributed by atoms with E-state index in [0.717, 1.165) is 0 Å². The minimum Gasteiger partial charge on any atom is -0.381 e. The third-order valence-corrected chi connectivity index (χ3v) is 4.59. The van der Waals surface area contributed by atoms with Crippen molar-refractivity contribution < 1.29 is 4.39 Å². The molecule has 11 heteroatoms. The van der Waals surface area contributed by atoms with Crippen LogP contribution in [0.1, 0.15) is 16.8 Å². The lowest BCUT2D eigenvalue weighted by molar-refractivity contribution is 0.614. The first-order valence-corrected chi connectivity index (χ1v) is 9.09. The van der Waals surface area contributed by atoms with E-state index in [1.807, 2.05) is 0 Å². The highest BCUT2D eigenvalue weighted by atomic mass is 19.1. The number of halogens is 1. The molecule has 0 aliphatic heterocycles. The summed E-state index contributed by atoms with van der Waals surface area (Å²) in [6, 6.07) is 8.98. The molecule has 0 spiro atoms. The van der Waals surface area contributed by atoms with E-state index in [2.05, 4.69) is 36.3 Å². The molecule has 31 heavy (non-hydrogen) atoms. The number of nitriles is 1. The highest BCUT2D eigenvalue weighted by Gasteiger charge is 2.19. The molecule has 0 bridgehead atoms. The van der Waals surface area contributed by atoms with Gasteiger partial charge < -0.3 is 5.73 Å². The van der Waals surface area contributed by atoms with E-state index in [1.54, 1.807) is 37.4 Å². The minimum atomic E-state index is -0.800. The maximum Gasteiger partial charge on any atom is 0.307 e. The van der Waals surface area contributed by atoms with E-state index in [1.165, 1.54) is 15.6 Å². The molecule has 3 aromatic heterocycles. The van der Waals surface area contributed by atoms with Crippen molar-refractivity contribution in [3.8, 4) is 28.8 Å². The lowest BCUT2D eigenvalue weighted by Crippen LogP contribution is -2.04. The Morgan fingerprint density at radius 2 is 2.10 bits per heavy atom. The van der Waals surface area contributed by atoms with E-state index >= 15 is 0 Å². The molecule has 10 nitrogen and oxygen atoms in total. The summed E-state index contributed by atoms with van der Waals surface area (Å²) in [5.41, 5.74) is 8.27. The van der Waals surface area contributed by atoms with Gasteiger partial charge in [0.1, 0.15) is 11.4 Å². The molecule has 4 rings (SSSR count). The van der Waals surface area contributed by atoms with Crippen LogP contribution in [-0.4, -0.2) is 34.7 Å². The summed E-state index contributed by atoms with van der Waals surface area (Å²) in [6.07, 6.45) is 3.22. The minimum absolute atomic E-state index is 0.0888. The van der Waals surface area contributed by atoms with Gasteiger partial charge in [0.15, 0.2) is 17.5 Å².